The van der Waals surface area contributed by atoms with E-state index in [2.05, 4.69) is 5.32 Å². The topological polar surface area (TPSA) is 69.3 Å². The number of hydrogen-bond donors (Lipinski definition) is 1. The van der Waals surface area contributed by atoms with Gasteiger partial charge in [-0.05, 0) is 66.2 Å². The highest BCUT2D eigenvalue weighted by Gasteiger charge is 2.46. The minimum Gasteiger partial charge on any atom is -0.353 e. The molecule has 2 fully saturated rings. The molecular weight excluding hydrogens is 292 g/mol. The number of nitrogens with zero attached hydrogens (tertiary/aromatic N) is 1. The molecule has 1 N–H and O–H groups in total. The first-order chi connectivity index (χ1) is 10.6. The summed E-state index contributed by atoms with van der Waals surface area (Å²) >= 11 is 0. The highest BCUT2D eigenvalue weighted by molar-refractivity contribution is 5.99. The summed E-state index contributed by atoms with van der Waals surface area (Å²) in [4.78, 5) is 24.1. The highest BCUT2D eigenvalue weighted by Crippen LogP contribution is 2.37. The zero-order chi connectivity index (χ0) is 17.3. The van der Waals surface area contributed by atoms with Gasteiger partial charge in [-0.1, -0.05) is 0 Å². The summed E-state index contributed by atoms with van der Waals surface area (Å²) in [6.07, 6.45) is 8.77. The lowest BCUT2D eigenvalue weighted by Crippen LogP contribution is -2.62. The first-order valence-electron chi connectivity index (χ1n) is 8.13. The second kappa shape index (κ2) is 6.89. The molecule has 1 saturated carbocycles. The van der Waals surface area contributed by atoms with Crippen molar-refractivity contribution in [2.45, 2.75) is 70.5 Å². The van der Waals surface area contributed by atoms with Gasteiger partial charge in [0, 0.05) is 35.9 Å². The van der Waals surface area contributed by atoms with Crippen molar-refractivity contribution in [3.05, 3.63) is 31.6 Å². The second-order valence-corrected chi connectivity index (χ2v) is 7.69. The van der Waals surface area contributed by atoms with Gasteiger partial charge in [-0.25, -0.2) is 0 Å². The van der Waals surface area contributed by atoms with Gasteiger partial charge in [0.1, 0.15) is 5.78 Å². The molecule has 6 radical (unpaired) electrons. The Hall–Kier alpha value is -0.940. The lowest BCUT2D eigenvalue weighted by Gasteiger charge is -2.50. The van der Waals surface area contributed by atoms with Crippen LogP contribution in [-0.2, 0) is 14.8 Å². The van der Waals surface area contributed by atoms with E-state index in [1.165, 1.54) is 0 Å². The van der Waals surface area contributed by atoms with Crippen molar-refractivity contribution in [2.24, 2.45) is 0 Å². The summed E-state index contributed by atoms with van der Waals surface area (Å²) in [7, 11) is 0. The smallest absolute Gasteiger partial charge is 0.220 e. The summed E-state index contributed by atoms with van der Waals surface area (Å²) in [6.45, 7) is 7.61. The molecule has 1 saturated heterocycles. The number of ketones is 1. The second-order valence-electron chi connectivity index (χ2n) is 7.69. The Morgan fingerprint density at radius 3 is 2.13 bits per heavy atom. The van der Waals surface area contributed by atoms with Crippen molar-refractivity contribution in [3.63, 3.8) is 0 Å². The molecule has 5 nitrogen and oxygen atoms in total. The highest BCUT2D eigenvalue weighted by atomic mass is 16.5. The first kappa shape index (κ1) is 18.4. The van der Waals surface area contributed by atoms with Gasteiger partial charge in [0.15, 0.2) is 0 Å². The summed E-state index contributed by atoms with van der Waals surface area (Å²) in [5.41, 5.74) is -1.02. The van der Waals surface area contributed by atoms with E-state index in [1.54, 1.807) is 12.8 Å². The average molecular weight is 318 g/mol. The number of hydroxylamine groups is 2. The minimum absolute atomic E-state index is 0.0137. The number of Topliss-reactive ketones (excluding diaryl/α,β-unsaturated/α-hetero) is 1. The van der Waals surface area contributed by atoms with Gasteiger partial charge in [-0.15, -0.1) is 10.3 Å². The van der Waals surface area contributed by atoms with Crippen LogP contribution in [0.4, 0.5) is 0 Å². The lowest BCUT2D eigenvalue weighted by atomic mass is 9.79. The predicted molar refractivity (Wildman–Crippen MR) is 86.5 cm³/mol. The molecule has 0 spiro atoms. The van der Waals surface area contributed by atoms with Gasteiger partial charge in [0.2, 0.25) is 5.91 Å². The van der Waals surface area contributed by atoms with E-state index in [9.17, 15) is 14.8 Å². The zero-order valence-electron chi connectivity index (χ0n) is 14.4. The van der Waals surface area contributed by atoms with E-state index in [0.29, 0.717) is 18.8 Å². The van der Waals surface area contributed by atoms with Crippen LogP contribution in [-0.4, -0.2) is 33.9 Å². The van der Waals surface area contributed by atoms with Crippen LogP contribution in [0.1, 0.15) is 53.4 Å². The van der Waals surface area contributed by atoms with Gasteiger partial charge in [-0.3, -0.25) is 9.59 Å². The fourth-order valence-corrected chi connectivity index (χ4v) is 3.60. The number of amides is 1. The average Bonchev–Trinajstić information content (AvgIpc) is 2.95. The maximum absolute atomic E-state index is 12.3. The van der Waals surface area contributed by atoms with Crippen molar-refractivity contribution >= 4 is 11.7 Å². The Morgan fingerprint density at radius 2 is 1.61 bits per heavy atom. The summed E-state index contributed by atoms with van der Waals surface area (Å²) in [5, 5.41) is 16.4. The molecule has 0 unspecified atom stereocenters. The maximum atomic E-state index is 12.3. The van der Waals surface area contributed by atoms with Crippen molar-refractivity contribution in [3.8, 4) is 0 Å². The standard InChI is InChI=1S/C18H26N2O3/c1-17(2)11-14(12-18(3,4)20(17)23)19-16(22)10-9-15(21)13-7-5-6-8-13/h5-8,14H,9-12H2,1-4H3,(H,19,22). The van der Waals surface area contributed by atoms with Crippen LogP contribution in [0.25, 0.3) is 0 Å². The molecule has 1 amide bonds. The van der Waals surface area contributed by atoms with Gasteiger partial charge in [-0.2, -0.15) is 0 Å². The van der Waals surface area contributed by atoms with Crippen LogP contribution in [0.5, 0.6) is 0 Å². The van der Waals surface area contributed by atoms with Gasteiger partial charge < -0.3 is 5.32 Å². The molecule has 0 aromatic carbocycles. The molecule has 2 aliphatic rings. The lowest BCUT2D eigenvalue weighted by molar-refractivity contribution is -0.290. The Morgan fingerprint density at radius 1 is 1.09 bits per heavy atom. The minimum atomic E-state index is -0.509. The van der Waals surface area contributed by atoms with Gasteiger partial charge in [0.05, 0.1) is 0 Å². The molecule has 0 aromatic rings. The van der Waals surface area contributed by atoms with Crippen LogP contribution in [0.15, 0.2) is 0 Å². The largest absolute Gasteiger partial charge is 0.353 e. The molecule has 1 aliphatic carbocycles. The number of carbonyl (C=O) groups is 2. The van der Waals surface area contributed by atoms with Crippen molar-refractivity contribution < 1.29 is 14.8 Å². The van der Waals surface area contributed by atoms with Gasteiger partial charge >= 0.3 is 0 Å². The summed E-state index contributed by atoms with van der Waals surface area (Å²) in [5.74, 6) is 0.515. The molecular formula is C18H26N2O3. The van der Waals surface area contributed by atoms with Crippen LogP contribution < -0.4 is 5.32 Å². The molecule has 5 heteroatoms. The van der Waals surface area contributed by atoms with Crippen molar-refractivity contribution in [1.82, 2.24) is 10.4 Å². The van der Waals surface area contributed by atoms with E-state index < -0.39 is 11.1 Å². The predicted octanol–water partition coefficient (Wildman–Crippen LogP) is 2.22. The number of rotatable bonds is 5. The Balaban J connectivity index is 1.81. The van der Waals surface area contributed by atoms with Crippen molar-refractivity contribution in [1.29, 1.82) is 0 Å². The van der Waals surface area contributed by atoms with Crippen molar-refractivity contribution in [2.75, 3.05) is 0 Å². The fourth-order valence-electron chi connectivity index (χ4n) is 3.60. The monoisotopic (exact) mass is 318 g/mol. The molecule has 1 aliphatic heterocycles. The van der Waals surface area contributed by atoms with E-state index in [4.69, 9.17) is 0 Å². The van der Waals surface area contributed by atoms with Crippen LogP contribution in [0.3, 0.4) is 0 Å². The first-order valence-corrected chi connectivity index (χ1v) is 8.13. The third-order valence-electron chi connectivity index (χ3n) is 4.52. The summed E-state index contributed by atoms with van der Waals surface area (Å²) in [6, 6.07) is -0.0354. The summed E-state index contributed by atoms with van der Waals surface area (Å²) < 4.78 is 0. The Bertz CT molecular complexity index is 435. The number of hydrogen-bond acceptors (Lipinski definition) is 3. The van der Waals surface area contributed by atoms with E-state index in [1.807, 2.05) is 40.5 Å². The van der Waals surface area contributed by atoms with E-state index in [-0.39, 0.29) is 30.6 Å². The molecule has 2 rings (SSSR count). The maximum Gasteiger partial charge on any atom is 0.220 e. The molecule has 0 bridgehead atoms. The molecule has 1 heterocycles. The number of piperidine rings is 1. The quantitative estimate of drug-likeness (QED) is 0.845. The zero-order valence-corrected chi connectivity index (χ0v) is 14.4. The molecule has 23 heavy (non-hydrogen) atoms. The molecule has 126 valence electrons. The molecule has 0 aromatic heterocycles. The van der Waals surface area contributed by atoms with E-state index >= 15 is 0 Å². The Labute approximate surface area is 139 Å². The van der Waals surface area contributed by atoms with E-state index in [0.717, 1.165) is 5.06 Å². The molecule has 0 atom stereocenters. The third kappa shape index (κ3) is 4.54. The fraction of sp³-hybridized carbons (Fsp3) is 0.611. The Kier molecular flexibility index (Phi) is 5.52. The SMILES string of the molecule is CC1(C)CC(NC(=O)CCC(=O)[C]2[CH][CH][CH][CH]2)CC(C)(C)N1[O]. The number of carbonyl (C=O) groups excluding carboxylic acids is 2. The number of nitrogens with one attached hydrogen (secondary N) is 1. The van der Waals surface area contributed by atoms with Crippen LogP contribution in [0.2, 0.25) is 0 Å². The van der Waals surface area contributed by atoms with Crippen LogP contribution >= 0.6 is 0 Å². The third-order valence-corrected chi connectivity index (χ3v) is 4.52. The van der Waals surface area contributed by atoms with Gasteiger partial charge in [0.25, 0.3) is 0 Å². The normalized spacial score (nSPS) is 25.4. The van der Waals surface area contributed by atoms with Crippen LogP contribution in [0, 0.1) is 31.6 Å².